The molecule has 0 unspecified atom stereocenters. The van der Waals surface area contributed by atoms with Gasteiger partial charge in [0.05, 0.1) is 0 Å². The van der Waals surface area contributed by atoms with Gasteiger partial charge >= 0.3 is 0 Å². The Bertz CT molecular complexity index is 755. The largest absolute Gasteiger partial charge is 0.273 e. The summed E-state index contributed by atoms with van der Waals surface area (Å²) in [5.74, 6) is 0.425. The highest BCUT2D eigenvalue weighted by Crippen LogP contribution is 2.20. The van der Waals surface area contributed by atoms with E-state index in [9.17, 15) is 9.59 Å². The van der Waals surface area contributed by atoms with Crippen molar-refractivity contribution < 1.29 is 9.59 Å². The van der Waals surface area contributed by atoms with Crippen molar-refractivity contribution in [3.63, 3.8) is 0 Å². The number of rotatable bonds is 6. The van der Waals surface area contributed by atoms with Gasteiger partial charge in [0.2, 0.25) is 5.91 Å². The molecule has 0 fully saturated rings. The molecule has 0 aliphatic carbocycles. The van der Waals surface area contributed by atoms with E-state index in [2.05, 4.69) is 20.8 Å². The third kappa shape index (κ3) is 6.48. The molecular weight excluding hydrogens is 348 g/mol. The van der Waals surface area contributed by atoms with E-state index in [0.29, 0.717) is 12.0 Å². The second-order valence-corrected chi connectivity index (χ2v) is 7.46. The molecule has 1 aromatic heterocycles. The molecule has 6 nitrogen and oxygen atoms in total. The average molecular weight is 372 g/mol. The highest BCUT2D eigenvalue weighted by Gasteiger charge is 2.09. The fourth-order valence-electron chi connectivity index (χ4n) is 2.28. The van der Waals surface area contributed by atoms with Crippen LogP contribution in [0.2, 0.25) is 0 Å². The van der Waals surface area contributed by atoms with Gasteiger partial charge in [0.25, 0.3) is 5.91 Å². The molecular formula is C19H24N4O2S. The summed E-state index contributed by atoms with van der Waals surface area (Å²) in [4.78, 5) is 32.4. The number of nitrogens with one attached hydrogen (secondary N) is 2. The zero-order chi connectivity index (χ0) is 19.1. The topological polar surface area (TPSA) is 84.0 Å². The van der Waals surface area contributed by atoms with Gasteiger partial charge in [-0.1, -0.05) is 37.7 Å². The monoisotopic (exact) mass is 372 g/mol. The Balaban J connectivity index is 1.87. The predicted molar refractivity (Wildman–Crippen MR) is 103 cm³/mol. The number of hydrogen-bond acceptors (Lipinski definition) is 5. The molecule has 0 saturated carbocycles. The van der Waals surface area contributed by atoms with E-state index in [1.165, 1.54) is 0 Å². The summed E-state index contributed by atoms with van der Waals surface area (Å²) in [6.07, 6.45) is 0.372. The lowest BCUT2D eigenvalue weighted by Crippen LogP contribution is -2.41. The second-order valence-electron chi connectivity index (χ2n) is 6.52. The number of aryl methyl sites for hydroxylation is 2. The first-order valence-corrected chi connectivity index (χ1v) is 9.45. The van der Waals surface area contributed by atoms with Crippen LogP contribution in [0.5, 0.6) is 0 Å². The number of nitrogens with zero attached hydrogens (tertiary/aromatic N) is 2. The minimum absolute atomic E-state index is 0.199. The molecule has 1 aromatic carbocycles. The van der Waals surface area contributed by atoms with Gasteiger partial charge < -0.3 is 0 Å². The van der Waals surface area contributed by atoms with Crippen LogP contribution in [-0.2, 0) is 10.5 Å². The van der Waals surface area contributed by atoms with Crippen molar-refractivity contribution in [3.05, 3.63) is 52.8 Å². The maximum absolute atomic E-state index is 12.0. The molecule has 0 aliphatic rings. The van der Waals surface area contributed by atoms with Gasteiger partial charge in [-0.25, -0.2) is 9.97 Å². The molecule has 2 amide bonds. The van der Waals surface area contributed by atoms with E-state index in [1.54, 1.807) is 23.9 Å². The third-order valence-corrected chi connectivity index (χ3v) is 4.37. The summed E-state index contributed by atoms with van der Waals surface area (Å²) >= 11 is 1.56. The van der Waals surface area contributed by atoms with Crippen LogP contribution in [0.25, 0.3) is 0 Å². The lowest BCUT2D eigenvalue weighted by Gasteiger charge is -2.09. The Morgan fingerprint density at radius 2 is 1.65 bits per heavy atom. The van der Waals surface area contributed by atoms with Crippen molar-refractivity contribution >= 4 is 23.6 Å². The minimum atomic E-state index is -0.334. The quantitative estimate of drug-likeness (QED) is 0.462. The highest BCUT2D eigenvalue weighted by atomic mass is 32.2. The van der Waals surface area contributed by atoms with Gasteiger partial charge in [0.1, 0.15) is 0 Å². The van der Waals surface area contributed by atoms with E-state index in [4.69, 9.17) is 0 Å². The number of carbonyl (C=O) groups excluding carboxylic acids is 2. The Kier molecular flexibility index (Phi) is 7.15. The van der Waals surface area contributed by atoms with Gasteiger partial charge in [-0.15, -0.1) is 0 Å². The fourth-order valence-corrected chi connectivity index (χ4v) is 3.18. The van der Waals surface area contributed by atoms with E-state index < -0.39 is 0 Å². The molecule has 0 saturated heterocycles. The Labute approximate surface area is 158 Å². The number of benzene rings is 1. The van der Waals surface area contributed by atoms with Crippen molar-refractivity contribution in [2.45, 2.75) is 45.0 Å². The van der Waals surface area contributed by atoms with Crippen LogP contribution in [0, 0.1) is 19.8 Å². The summed E-state index contributed by atoms with van der Waals surface area (Å²) < 4.78 is 0. The van der Waals surface area contributed by atoms with Crippen LogP contribution in [0.4, 0.5) is 0 Å². The molecule has 138 valence electrons. The van der Waals surface area contributed by atoms with Crippen LogP contribution in [0.3, 0.4) is 0 Å². The van der Waals surface area contributed by atoms with Crippen LogP contribution >= 0.6 is 11.8 Å². The van der Waals surface area contributed by atoms with Crippen molar-refractivity contribution in [3.8, 4) is 0 Å². The van der Waals surface area contributed by atoms with E-state index in [0.717, 1.165) is 27.9 Å². The van der Waals surface area contributed by atoms with Crippen LogP contribution < -0.4 is 10.9 Å². The second kappa shape index (κ2) is 9.33. The normalized spacial score (nSPS) is 10.7. The number of amides is 2. The summed E-state index contributed by atoms with van der Waals surface area (Å²) in [5.41, 5.74) is 8.32. The molecule has 0 radical (unpaired) electrons. The van der Waals surface area contributed by atoms with Gasteiger partial charge in [-0.05, 0) is 43.5 Å². The molecule has 0 bridgehead atoms. The molecule has 2 rings (SSSR count). The van der Waals surface area contributed by atoms with Crippen LogP contribution in [0.1, 0.15) is 47.6 Å². The van der Waals surface area contributed by atoms with Crippen molar-refractivity contribution in [2.24, 2.45) is 5.92 Å². The zero-order valence-electron chi connectivity index (χ0n) is 15.5. The number of aromatic nitrogens is 2. The lowest BCUT2D eigenvalue weighted by molar-refractivity contribution is -0.122. The molecule has 0 spiro atoms. The zero-order valence-corrected chi connectivity index (χ0v) is 16.3. The SMILES string of the molecule is Cc1cc(C)nc(SCc2ccc(C(=O)NNC(=O)CC(C)C)cc2)n1. The number of hydrazine groups is 1. The third-order valence-electron chi connectivity index (χ3n) is 3.45. The molecule has 0 atom stereocenters. The van der Waals surface area contributed by atoms with Crippen LogP contribution in [-0.4, -0.2) is 21.8 Å². The smallest absolute Gasteiger partial charge is 0.269 e. The predicted octanol–water partition coefficient (Wildman–Crippen LogP) is 3.19. The molecule has 0 aliphatic heterocycles. The van der Waals surface area contributed by atoms with Crippen molar-refractivity contribution in [1.82, 2.24) is 20.8 Å². The van der Waals surface area contributed by atoms with Gasteiger partial charge in [-0.2, -0.15) is 0 Å². The summed E-state index contributed by atoms with van der Waals surface area (Å²) in [7, 11) is 0. The molecule has 2 N–H and O–H groups in total. The summed E-state index contributed by atoms with van der Waals surface area (Å²) in [6.45, 7) is 7.79. The van der Waals surface area contributed by atoms with Crippen molar-refractivity contribution in [1.29, 1.82) is 0 Å². The Morgan fingerprint density at radius 1 is 1.04 bits per heavy atom. The first-order valence-electron chi connectivity index (χ1n) is 8.46. The maximum Gasteiger partial charge on any atom is 0.269 e. The number of hydrogen-bond donors (Lipinski definition) is 2. The number of thioether (sulfide) groups is 1. The maximum atomic E-state index is 12.0. The standard InChI is InChI=1S/C19H24N4O2S/c1-12(2)9-17(24)22-23-18(25)16-7-5-15(6-8-16)11-26-19-20-13(3)10-14(4)21-19/h5-8,10,12H,9,11H2,1-4H3,(H,22,24)(H,23,25). The Morgan fingerprint density at radius 3 is 2.23 bits per heavy atom. The fraction of sp³-hybridized carbons (Fsp3) is 0.368. The minimum Gasteiger partial charge on any atom is -0.273 e. The van der Waals surface area contributed by atoms with E-state index >= 15 is 0 Å². The summed E-state index contributed by atoms with van der Waals surface area (Å²) in [5, 5.41) is 0.747. The first kappa shape index (κ1) is 19.9. The molecule has 1 heterocycles. The number of carbonyl (C=O) groups is 2. The Hall–Kier alpha value is -2.41. The lowest BCUT2D eigenvalue weighted by atomic mass is 10.1. The van der Waals surface area contributed by atoms with Crippen molar-refractivity contribution in [2.75, 3.05) is 0 Å². The van der Waals surface area contributed by atoms with E-state index in [1.807, 2.05) is 45.9 Å². The molecule has 26 heavy (non-hydrogen) atoms. The highest BCUT2D eigenvalue weighted by molar-refractivity contribution is 7.98. The van der Waals surface area contributed by atoms with Crippen LogP contribution in [0.15, 0.2) is 35.5 Å². The molecule has 7 heteroatoms. The van der Waals surface area contributed by atoms with Gasteiger partial charge in [0, 0.05) is 29.1 Å². The first-order chi connectivity index (χ1) is 12.3. The van der Waals surface area contributed by atoms with Gasteiger partial charge in [-0.3, -0.25) is 20.4 Å². The summed E-state index contributed by atoms with van der Waals surface area (Å²) in [6, 6.07) is 9.20. The van der Waals surface area contributed by atoms with E-state index in [-0.39, 0.29) is 17.7 Å². The van der Waals surface area contributed by atoms with Gasteiger partial charge in [0.15, 0.2) is 5.16 Å². The average Bonchev–Trinajstić information content (AvgIpc) is 2.57. The molecule has 2 aromatic rings.